The van der Waals surface area contributed by atoms with Gasteiger partial charge in [0.25, 0.3) is 5.91 Å². The summed E-state index contributed by atoms with van der Waals surface area (Å²) < 4.78 is 5.92. The molecule has 4 nitrogen and oxygen atoms in total. The van der Waals surface area contributed by atoms with E-state index in [-0.39, 0.29) is 5.91 Å². The monoisotopic (exact) mass is 420 g/mol. The Balaban J connectivity index is 1.42. The van der Waals surface area contributed by atoms with Gasteiger partial charge >= 0.3 is 0 Å². The Morgan fingerprint density at radius 3 is 1.97 bits per heavy atom. The van der Waals surface area contributed by atoms with Crippen LogP contribution in [0.1, 0.15) is 32.8 Å². The molecule has 3 aromatic rings. The van der Waals surface area contributed by atoms with Crippen molar-refractivity contribution < 1.29 is 9.21 Å². The molecule has 0 radical (unpaired) electrons. The van der Waals surface area contributed by atoms with Crippen LogP contribution in [-0.4, -0.2) is 37.0 Å². The fraction of sp³-hybridized carbons (Fsp3) is 0.320. The van der Waals surface area contributed by atoms with Crippen LogP contribution in [0, 0.1) is 27.7 Å². The first kappa shape index (κ1) is 20.6. The minimum atomic E-state index is -0.0236. The molecule has 2 heterocycles. The van der Waals surface area contributed by atoms with Crippen LogP contribution in [0.5, 0.6) is 0 Å². The lowest BCUT2D eigenvalue weighted by Crippen LogP contribution is -2.49. The first-order valence-corrected chi connectivity index (χ1v) is 11.2. The second-order valence-electron chi connectivity index (χ2n) is 7.96. The highest BCUT2D eigenvalue weighted by Crippen LogP contribution is 2.34. The quantitative estimate of drug-likeness (QED) is 0.548. The van der Waals surface area contributed by atoms with Crippen molar-refractivity contribution in [3.05, 3.63) is 76.5 Å². The number of piperazine rings is 1. The van der Waals surface area contributed by atoms with Gasteiger partial charge in [-0.2, -0.15) is 0 Å². The van der Waals surface area contributed by atoms with Crippen molar-refractivity contribution in [1.29, 1.82) is 0 Å². The number of nitrogens with zero attached hydrogens (tertiary/aromatic N) is 2. The number of amides is 1. The van der Waals surface area contributed by atoms with E-state index < -0.39 is 0 Å². The van der Waals surface area contributed by atoms with E-state index in [2.05, 4.69) is 69.0 Å². The molecule has 4 rings (SSSR count). The van der Waals surface area contributed by atoms with Gasteiger partial charge in [0, 0.05) is 36.8 Å². The number of hydrogen-bond acceptors (Lipinski definition) is 4. The zero-order valence-corrected chi connectivity index (χ0v) is 18.9. The van der Waals surface area contributed by atoms with Crippen molar-refractivity contribution in [1.82, 2.24) is 4.90 Å². The topological polar surface area (TPSA) is 36.7 Å². The molecule has 1 fully saturated rings. The van der Waals surface area contributed by atoms with Gasteiger partial charge < -0.3 is 14.2 Å². The molecular formula is C25H28N2O2S. The summed E-state index contributed by atoms with van der Waals surface area (Å²) >= 11 is 1.58. The highest BCUT2D eigenvalue weighted by atomic mass is 32.2. The Morgan fingerprint density at radius 1 is 0.800 bits per heavy atom. The highest BCUT2D eigenvalue weighted by molar-refractivity contribution is 7.99. The smallest absolute Gasteiger partial charge is 0.289 e. The standard InChI is InChI=1S/C25H28N2O2S/c1-17-7-5-8-18(2)23(17)26-13-15-27(16-14-26)25(28)21-11-12-22(29-21)30-24-19(3)9-6-10-20(24)4/h5-12H,13-16H2,1-4H3. The first-order chi connectivity index (χ1) is 14.4. The molecule has 1 amide bonds. The Hall–Kier alpha value is -2.66. The maximum atomic E-state index is 13.0. The minimum absolute atomic E-state index is 0.0236. The highest BCUT2D eigenvalue weighted by Gasteiger charge is 2.25. The predicted octanol–water partition coefficient (Wildman–Crippen LogP) is 5.63. The number of rotatable bonds is 4. The lowest BCUT2D eigenvalue weighted by atomic mass is 10.1. The molecule has 1 saturated heterocycles. The van der Waals surface area contributed by atoms with E-state index in [4.69, 9.17) is 4.42 Å². The molecule has 156 valence electrons. The van der Waals surface area contributed by atoms with Crippen LogP contribution in [0.15, 0.2) is 62.9 Å². The van der Waals surface area contributed by atoms with E-state index in [1.807, 2.05) is 11.0 Å². The summed E-state index contributed by atoms with van der Waals surface area (Å²) in [6, 6.07) is 16.4. The number of hydrogen-bond donors (Lipinski definition) is 0. The molecule has 0 atom stereocenters. The van der Waals surface area contributed by atoms with Gasteiger partial charge in [0.2, 0.25) is 0 Å². The number of carbonyl (C=O) groups excluding carboxylic acids is 1. The van der Waals surface area contributed by atoms with Crippen LogP contribution < -0.4 is 4.90 Å². The van der Waals surface area contributed by atoms with Crippen molar-refractivity contribution in [2.75, 3.05) is 31.1 Å². The number of furan rings is 1. The molecule has 0 aliphatic carbocycles. The normalized spacial score (nSPS) is 14.3. The Labute approximate surface area is 182 Å². The lowest BCUT2D eigenvalue weighted by molar-refractivity contribution is 0.0709. The van der Waals surface area contributed by atoms with Crippen molar-refractivity contribution in [2.24, 2.45) is 0 Å². The number of benzene rings is 2. The zero-order chi connectivity index (χ0) is 21.3. The van der Waals surface area contributed by atoms with E-state index >= 15 is 0 Å². The number of anilines is 1. The van der Waals surface area contributed by atoms with Crippen molar-refractivity contribution in [3.63, 3.8) is 0 Å². The van der Waals surface area contributed by atoms with Gasteiger partial charge in [0.05, 0.1) is 0 Å². The summed E-state index contributed by atoms with van der Waals surface area (Å²) in [6.07, 6.45) is 0. The molecule has 0 N–H and O–H groups in total. The third kappa shape index (κ3) is 4.12. The molecule has 2 aromatic carbocycles. The minimum Gasteiger partial charge on any atom is -0.444 e. The third-order valence-electron chi connectivity index (χ3n) is 5.73. The van der Waals surface area contributed by atoms with E-state index in [1.54, 1.807) is 17.8 Å². The van der Waals surface area contributed by atoms with Gasteiger partial charge in [0.1, 0.15) is 0 Å². The molecule has 30 heavy (non-hydrogen) atoms. The maximum absolute atomic E-state index is 13.0. The number of carbonyl (C=O) groups is 1. The number of aryl methyl sites for hydroxylation is 4. The van der Waals surface area contributed by atoms with Crippen LogP contribution in [0.3, 0.4) is 0 Å². The molecule has 1 aliphatic heterocycles. The van der Waals surface area contributed by atoms with Crippen LogP contribution in [-0.2, 0) is 0 Å². The zero-order valence-electron chi connectivity index (χ0n) is 18.1. The summed E-state index contributed by atoms with van der Waals surface area (Å²) in [5, 5.41) is 0.755. The van der Waals surface area contributed by atoms with Gasteiger partial charge in [-0.1, -0.05) is 48.2 Å². The van der Waals surface area contributed by atoms with Gasteiger partial charge in [-0.25, -0.2) is 0 Å². The fourth-order valence-corrected chi connectivity index (χ4v) is 5.07. The summed E-state index contributed by atoms with van der Waals surface area (Å²) in [5.74, 6) is 0.397. The largest absolute Gasteiger partial charge is 0.444 e. The molecular weight excluding hydrogens is 392 g/mol. The summed E-state index contributed by atoms with van der Waals surface area (Å²) in [5.41, 5.74) is 6.30. The van der Waals surface area contributed by atoms with E-state index in [9.17, 15) is 4.79 Å². The average Bonchev–Trinajstić information content (AvgIpc) is 3.19. The van der Waals surface area contributed by atoms with Crippen molar-refractivity contribution in [2.45, 2.75) is 37.7 Å². The first-order valence-electron chi connectivity index (χ1n) is 10.4. The van der Waals surface area contributed by atoms with Crippen molar-refractivity contribution >= 4 is 23.4 Å². The molecule has 5 heteroatoms. The SMILES string of the molecule is Cc1cccc(C)c1Sc1ccc(C(=O)N2CCN(c3c(C)cccc3C)CC2)o1. The molecule has 1 aromatic heterocycles. The van der Waals surface area contributed by atoms with E-state index in [0.717, 1.165) is 18.2 Å². The van der Waals surface area contributed by atoms with Gasteiger partial charge in [-0.3, -0.25) is 4.79 Å². The molecule has 0 bridgehead atoms. The Bertz CT molecular complexity index is 1020. The van der Waals surface area contributed by atoms with Crippen LogP contribution in [0.4, 0.5) is 5.69 Å². The van der Waals surface area contributed by atoms with E-state index in [1.165, 1.54) is 32.8 Å². The summed E-state index contributed by atoms with van der Waals surface area (Å²) in [6.45, 7) is 11.6. The Kier molecular flexibility index (Phi) is 5.91. The molecule has 0 unspecified atom stereocenters. The molecule has 0 spiro atoms. The summed E-state index contributed by atoms with van der Waals surface area (Å²) in [4.78, 5) is 18.5. The van der Waals surface area contributed by atoms with Crippen LogP contribution in [0.25, 0.3) is 0 Å². The maximum Gasteiger partial charge on any atom is 0.289 e. The predicted molar refractivity (Wildman–Crippen MR) is 123 cm³/mol. The lowest BCUT2D eigenvalue weighted by Gasteiger charge is -2.37. The Morgan fingerprint density at radius 2 is 1.37 bits per heavy atom. The third-order valence-corrected chi connectivity index (χ3v) is 6.99. The second kappa shape index (κ2) is 8.60. The number of para-hydroxylation sites is 1. The van der Waals surface area contributed by atoms with Gasteiger partial charge in [-0.15, -0.1) is 0 Å². The van der Waals surface area contributed by atoms with Crippen LogP contribution in [0.2, 0.25) is 0 Å². The fourth-order valence-electron chi connectivity index (χ4n) is 4.14. The van der Waals surface area contributed by atoms with Crippen molar-refractivity contribution in [3.8, 4) is 0 Å². The molecule has 1 aliphatic rings. The summed E-state index contributed by atoms with van der Waals surface area (Å²) in [7, 11) is 0. The van der Waals surface area contributed by atoms with E-state index in [0.29, 0.717) is 18.8 Å². The second-order valence-corrected chi connectivity index (χ2v) is 8.98. The molecule has 0 saturated carbocycles. The van der Waals surface area contributed by atoms with Gasteiger partial charge in [-0.05, 0) is 62.1 Å². The van der Waals surface area contributed by atoms with Crippen LogP contribution >= 0.6 is 11.8 Å². The average molecular weight is 421 g/mol. The van der Waals surface area contributed by atoms with Gasteiger partial charge in [0.15, 0.2) is 10.9 Å².